The molecule has 3 rings (SSSR count). The zero-order valence-electron chi connectivity index (χ0n) is 13.8. The number of ether oxygens (including phenoxy) is 2. The summed E-state index contributed by atoms with van der Waals surface area (Å²) in [5.41, 5.74) is 0.726. The first-order valence-electron chi connectivity index (χ1n) is 8.26. The van der Waals surface area contributed by atoms with Gasteiger partial charge in [-0.15, -0.1) is 0 Å². The first-order chi connectivity index (χ1) is 11.8. The largest absolute Gasteiger partial charge is 0.460 e. The van der Waals surface area contributed by atoms with Crippen molar-refractivity contribution in [3.8, 4) is 0 Å². The van der Waals surface area contributed by atoms with Crippen LogP contribution in [0.2, 0.25) is 0 Å². The summed E-state index contributed by atoms with van der Waals surface area (Å²) in [6.45, 7) is 7.16. The standard InChI is InChI=1S/C17H22N4O3/c1-2-24-17(22)16-19-14-6-4-3-5-13(14)15(20-16)18-7-8-21-9-11-23-12-10-21/h3-6H,2,7-12H2,1H3,(H,18,19,20). The quantitative estimate of drug-likeness (QED) is 0.805. The summed E-state index contributed by atoms with van der Waals surface area (Å²) in [5.74, 6) is 0.251. The Balaban J connectivity index is 1.75. The van der Waals surface area contributed by atoms with E-state index < -0.39 is 5.97 Å². The van der Waals surface area contributed by atoms with Gasteiger partial charge < -0.3 is 14.8 Å². The van der Waals surface area contributed by atoms with Crippen LogP contribution in [0.4, 0.5) is 5.82 Å². The second-order valence-electron chi connectivity index (χ2n) is 5.51. The zero-order chi connectivity index (χ0) is 16.8. The number of aromatic nitrogens is 2. The van der Waals surface area contributed by atoms with Crippen molar-refractivity contribution >= 4 is 22.7 Å². The van der Waals surface area contributed by atoms with Crippen LogP contribution in [0.15, 0.2) is 24.3 Å². The van der Waals surface area contributed by atoms with E-state index in [1.165, 1.54) is 0 Å². The number of carbonyl (C=O) groups excluding carboxylic acids is 1. The van der Waals surface area contributed by atoms with Crippen LogP contribution in [0.1, 0.15) is 17.5 Å². The Hall–Kier alpha value is -2.25. The number of hydrogen-bond donors (Lipinski definition) is 1. The number of hydrogen-bond acceptors (Lipinski definition) is 7. The minimum Gasteiger partial charge on any atom is -0.460 e. The van der Waals surface area contributed by atoms with Crippen molar-refractivity contribution in [3.05, 3.63) is 30.1 Å². The van der Waals surface area contributed by atoms with Gasteiger partial charge >= 0.3 is 5.97 Å². The van der Waals surface area contributed by atoms with E-state index in [4.69, 9.17) is 9.47 Å². The number of fused-ring (bicyclic) bond motifs is 1. The third-order valence-electron chi connectivity index (χ3n) is 3.89. The highest BCUT2D eigenvalue weighted by atomic mass is 16.5. The summed E-state index contributed by atoms with van der Waals surface area (Å²) in [4.78, 5) is 23.0. The number of benzene rings is 1. The summed E-state index contributed by atoms with van der Waals surface area (Å²) >= 11 is 0. The molecular weight excluding hydrogens is 308 g/mol. The second-order valence-corrected chi connectivity index (χ2v) is 5.51. The Morgan fingerprint density at radius 3 is 2.88 bits per heavy atom. The van der Waals surface area contributed by atoms with Gasteiger partial charge in [0.1, 0.15) is 5.82 Å². The molecule has 1 aromatic carbocycles. The number of rotatable bonds is 6. The number of para-hydroxylation sites is 1. The first-order valence-corrected chi connectivity index (χ1v) is 8.26. The lowest BCUT2D eigenvalue weighted by molar-refractivity contribution is 0.0398. The Morgan fingerprint density at radius 1 is 1.29 bits per heavy atom. The van der Waals surface area contributed by atoms with Gasteiger partial charge in [0, 0.05) is 31.6 Å². The van der Waals surface area contributed by atoms with Gasteiger partial charge in [-0.1, -0.05) is 12.1 Å². The molecule has 1 aromatic heterocycles. The molecule has 1 aliphatic heterocycles. The van der Waals surface area contributed by atoms with Gasteiger partial charge in [-0.2, -0.15) is 0 Å². The van der Waals surface area contributed by atoms with E-state index in [1.54, 1.807) is 6.92 Å². The molecule has 7 nitrogen and oxygen atoms in total. The average Bonchev–Trinajstić information content (AvgIpc) is 2.62. The molecule has 1 fully saturated rings. The molecule has 24 heavy (non-hydrogen) atoms. The van der Waals surface area contributed by atoms with Gasteiger partial charge in [0.25, 0.3) is 0 Å². The SMILES string of the molecule is CCOC(=O)c1nc(NCCN2CCOCC2)c2ccccc2n1. The van der Waals surface area contributed by atoms with Crippen molar-refractivity contribution in [1.29, 1.82) is 0 Å². The fourth-order valence-corrected chi connectivity index (χ4v) is 2.66. The first kappa shape index (κ1) is 16.6. The van der Waals surface area contributed by atoms with E-state index >= 15 is 0 Å². The van der Waals surface area contributed by atoms with E-state index in [9.17, 15) is 4.79 Å². The lowest BCUT2D eigenvalue weighted by atomic mass is 10.2. The number of carbonyl (C=O) groups is 1. The molecule has 1 aliphatic rings. The monoisotopic (exact) mass is 330 g/mol. The molecule has 2 aromatic rings. The highest BCUT2D eigenvalue weighted by molar-refractivity contribution is 5.94. The maximum atomic E-state index is 12.0. The highest BCUT2D eigenvalue weighted by Gasteiger charge is 2.15. The lowest BCUT2D eigenvalue weighted by Crippen LogP contribution is -2.39. The van der Waals surface area contributed by atoms with Gasteiger partial charge in [0.05, 0.1) is 25.3 Å². The molecular formula is C17H22N4O3. The van der Waals surface area contributed by atoms with Crippen LogP contribution in [0.25, 0.3) is 10.9 Å². The van der Waals surface area contributed by atoms with Crippen molar-refractivity contribution < 1.29 is 14.3 Å². The van der Waals surface area contributed by atoms with Gasteiger partial charge in [0.15, 0.2) is 0 Å². The van der Waals surface area contributed by atoms with Crippen LogP contribution >= 0.6 is 0 Å². The predicted octanol–water partition coefficient (Wildman–Crippen LogP) is 1.55. The van der Waals surface area contributed by atoms with Gasteiger partial charge in [-0.25, -0.2) is 14.8 Å². The number of morpholine rings is 1. The summed E-state index contributed by atoms with van der Waals surface area (Å²) in [7, 11) is 0. The Labute approximate surface area is 141 Å². The van der Waals surface area contributed by atoms with Crippen LogP contribution in [0, 0.1) is 0 Å². The molecule has 0 saturated carbocycles. The number of anilines is 1. The normalized spacial score (nSPS) is 15.4. The van der Waals surface area contributed by atoms with Crippen molar-refractivity contribution in [1.82, 2.24) is 14.9 Å². The zero-order valence-corrected chi connectivity index (χ0v) is 13.8. The third-order valence-corrected chi connectivity index (χ3v) is 3.89. The minimum absolute atomic E-state index is 0.0874. The number of nitrogens with zero attached hydrogens (tertiary/aromatic N) is 3. The number of nitrogens with one attached hydrogen (secondary N) is 1. The molecule has 2 heterocycles. The van der Waals surface area contributed by atoms with Crippen LogP contribution in [-0.4, -0.2) is 66.8 Å². The van der Waals surface area contributed by atoms with Crippen LogP contribution in [0.5, 0.6) is 0 Å². The van der Waals surface area contributed by atoms with E-state index in [2.05, 4.69) is 20.2 Å². The lowest BCUT2D eigenvalue weighted by Gasteiger charge is -2.26. The van der Waals surface area contributed by atoms with Crippen LogP contribution in [-0.2, 0) is 9.47 Å². The summed E-state index contributed by atoms with van der Waals surface area (Å²) in [6.07, 6.45) is 0. The maximum absolute atomic E-state index is 12.0. The predicted molar refractivity (Wildman–Crippen MR) is 91.2 cm³/mol. The molecule has 0 aliphatic carbocycles. The molecule has 7 heteroatoms. The minimum atomic E-state index is -0.500. The van der Waals surface area contributed by atoms with Crippen molar-refractivity contribution in [3.63, 3.8) is 0 Å². The molecule has 0 unspecified atom stereocenters. The fourth-order valence-electron chi connectivity index (χ4n) is 2.66. The average molecular weight is 330 g/mol. The summed E-state index contributed by atoms with van der Waals surface area (Å²) < 4.78 is 10.4. The molecule has 1 N–H and O–H groups in total. The van der Waals surface area contributed by atoms with E-state index in [1.807, 2.05) is 24.3 Å². The van der Waals surface area contributed by atoms with Crippen LogP contribution < -0.4 is 5.32 Å². The van der Waals surface area contributed by atoms with E-state index in [0.29, 0.717) is 12.4 Å². The Bertz CT molecular complexity index is 701. The third kappa shape index (κ3) is 3.98. The molecule has 0 atom stereocenters. The van der Waals surface area contributed by atoms with Gasteiger partial charge in [0.2, 0.25) is 5.82 Å². The molecule has 0 amide bonds. The van der Waals surface area contributed by atoms with E-state index in [0.717, 1.165) is 50.3 Å². The summed E-state index contributed by atoms with van der Waals surface area (Å²) in [6, 6.07) is 7.64. The molecule has 0 bridgehead atoms. The Morgan fingerprint density at radius 2 is 2.08 bits per heavy atom. The number of esters is 1. The smallest absolute Gasteiger partial charge is 0.376 e. The molecule has 128 valence electrons. The van der Waals surface area contributed by atoms with Gasteiger partial charge in [-0.3, -0.25) is 4.90 Å². The fraction of sp³-hybridized carbons (Fsp3) is 0.471. The van der Waals surface area contributed by atoms with E-state index in [-0.39, 0.29) is 5.82 Å². The second kappa shape index (κ2) is 8.03. The van der Waals surface area contributed by atoms with Crippen LogP contribution in [0.3, 0.4) is 0 Å². The van der Waals surface area contributed by atoms with Crippen molar-refractivity contribution in [2.45, 2.75) is 6.92 Å². The summed E-state index contributed by atoms with van der Waals surface area (Å²) in [5, 5.41) is 4.23. The van der Waals surface area contributed by atoms with Crippen molar-refractivity contribution in [2.75, 3.05) is 51.3 Å². The maximum Gasteiger partial charge on any atom is 0.376 e. The van der Waals surface area contributed by atoms with Crippen molar-refractivity contribution in [2.24, 2.45) is 0 Å². The Kier molecular flexibility index (Phi) is 5.55. The van der Waals surface area contributed by atoms with Gasteiger partial charge in [-0.05, 0) is 19.1 Å². The molecule has 1 saturated heterocycles. The topological polar surface area (TPSA) is 76.6 Å². The molecule has 0 spiro atoms. The highest BCUT2D eigenvalue weighted by Crippen LogP contribution is 2.20. The molecule has 0 radical (unpaired) electrons.